The molecule has 0 saturated heterocycles. The SMILES string of the molecule is CC(C)(C)OC(=O)NNC(=O)[C@@H]1CCCc2ccccc21. The average Bonchev–Trinajstić information content (AvgIpc) is 2.42. The summed E-state index contributed by atoms with van der Waals surface area (Å²) in [6.07, 6.45) is 2.11. The first-order chi connectivity index (χ1) is 9.87. The molecule has 1 aliphatic rings. The van der Waals surface area contributed by atoms with E-state index in [-0.39, 0.29) is 11.8 Å². The number of hydrogen-bond acceptors (Lipinski definition) is 3. The molecule has 0 aliphatic heterocycles. The molecule has 2 N–H and O–H groups in total. The summed E-state index contributed by atoms with van der Waals surface area (Å²) in [6, 6.07) is 7.95. The van der Waals surface area contributed by atoms with Gasteiger partial charge in [-0.05, 0) is 51.2 Å². The highest BCUT2D eigenvalue weighted by molar-refractivity contribution is 5.85. The Morgan fingerprint density at radius 2 is 1.90 bits per heavy atom. The van der Waals surface area contributed by atoms with Crippen molar-refractivity contribution in [3.8, 4) is 0 Å². The van der Waals surface area contributed by atoms with E-state index in [1.165, 1.54) is 5.56 Å². The molecule has 0 aromatic heterocycles. The largest absolute Gasteiger partial charge is 0.443 e. The minimum Gasteiger partial charge on any atom is -0.443 e. The maximum absolute atomic E-state index is 12.2. The maximum Gasteiger partial charge on any atom is 0.426 e. The zero-order valence-corrected chi connectivity index (χ0v) is 12.7. The third-order valence-electron chi connectivity index (χ3n) is 3.37. The van der Waals surface area contributed by atoms with Crippen molar-refractivity contribution in [1.82, 2.24) is 10.9 Å². The van der Waals surface area contributed by atoms with Crippen molar-refractivity contribution < 1.29 is 14.3 Å². The van der Waals surface area contributed by atoms with E-state index in [0.717, 1.165) is 24.8 Å². The van der Waals surface area contributed by atoms with E-state index in [4.69, 9.17) is 4.74 Å². The van der Waals surface area contributed by atoms with Crippen molar-refractivity contribution >= 4 is 12.0 Å². The molecule has 5 nitrogen and oxygen atoms in total. The van der Waals surface area contributed by atoms with E-state index in [1.54, 1.807) is 20.8 Å². The number of nitrogens with one attached hydrogen (secondary N) is 2. The summed E-state index contributed by atoms with van der Waals surface area (Å²) in [5, 5.41) is 0. The Labute approximate surface area is 125 Å². The molecule has 2 amide bonds. The van der Waals surface area contributed by atoms with Gasteiger partial charge in [-0.15, -0.1) is 0 Å². The Morgan fingerprint density at radius 3 is 2.62 bits per heavy atom. The molecule has 0 saturated carbocycles. The Morgan fingerprint density at radius 1 is 1.19 bits per heavy atom. The number of hydrazine groups is 1. The van der Waals surface area contributed by atoms with E-state index in [1.807, 2.05) is 18.2 Å². The number of benzene rings is 1. The number of ether oxygens (including phenoxy) is 1. The van der Waals surface area contributed by atoms with Gasteiger partial charge in [-0.2, -0.15) is 0 Å². The van der Waals surface area contributed by atoms with Crippen LogP contribution in [0.1, 0.15) is 50.7 Å². The second kappa shape index (κ2) is 6.16. The minimum atomic E-state index is -0.653. The topological polar surface area (TPSA) is 67.4 Å². The van der Waals surface area contributed by atoms with Crippen LogP contribution in [0.15, 0.2) is 24.3 Å². The van der Waals surface area contributed by atoms with Crippen LogP contribution in [0.3, 0.4) is 0 Å². The fourth-order valence-corrected chi connectivity index (χ4v) is 2.53. The molecule has 0 fully saturated rings. The van der Waals surface area contributed by atoms with Gasteiger partial charge in [0, 0.05) is 0 Å². The van der Waals surface area contributed by atoms with E-state index in [2.05, 4.69) is 16.9 Å². The van der Waals surface area contributed by atoms with Crippen molar-refractivity contribution in [2.45, 2.75) is 51.6 Å². The van der Waals surface area contributed by atoms with Gasteiger partial charge < -0.3 is 4.74 Å². The zero-order chi connectivity index (χ0) is 15.5. The predicted octanol–water partition coefficient (Wildman–Crippen LogP) is 2.66. The normalized spacial score (nSPS) is 17.6. The second-order valence-electron chi connectivity index (χ2n) is 6.26. The molecular formula is C16H22N2O3. The lowest BCUT2D eigenvalue weighted by Crippen LogP contribution is -2.46. The summed E-state index contributed by atoms with van der Waals surface area (Å²) < 4.78 is 5.08. The molecule has 2 rings (SSSR count). The van der Waals surface area contributed by atoms with Gasteiger partial charge in [-0.3, -0.25) is 10.2 Å². The van der Waals surface area contributed by atoms with Gasteiger partial charge in [-0.1, -0.05) is 24.3 Å². The molecular weight excluding hydrogens is 268 g/mol. The molecule has 0 heterocycles. The summed E-state index contributed by atoms with van der Waals surface area (Å²) >= 11 is 0. The molecule has 21 heavy (non-hydrogen) atoms. The van der Waals surface area contributed by atoms with Crippen LogP contribution in [0.5, 0.6) is 0 Å². The molecule has 114 valence electrons. The predicted molar refractivity (Wildman–Crippen MR) is 79.6 cm³/mol. The summed E-state index contributed by atoms with van der Waals surface area (Å²) in [6.45, 7) is 5.31. The number of carbonyl (C=O) groups is 2. The summed E-state index contributed by atoms with van der Waals surface area (Å²) in [5.74, 6) is -0.419. The maximum atomic E-state index is 12.2. The third kappa shape index (κ3) is 4.21. The minimum absolute atomic E-state index is 0.201. The fourth-order valence-electron chi connectivity index (χ4n) is 2.53. The van der Waals surface area contributed by atoms with Crippen LogP contribution >= 0.6 is 0 Å². The number of aryl methyl sites for hydroxylation is 1. The standard InChI is InChI=1S/C16H22N2O3/c1-16(2,3)21-15(20)18-17-14(19)13-10-6-8-11-7-4-5-9-12(11)13/h4-5,7,9,13H,6,8,10H2,1-3H3,(H,17,19)(H,18,20)/t13-/m1/s1. The highest BCUT2D eigenvalue weighted by atomic mass is 16.6. The number of hydrogen-bond donors (Lipinski definition) is 2. The van der Waals surface area contributed by atoms with Crippen LogP contribution < -0.4 is 10.9 Å². The molecule has 0 unspecified atom stereocenters. The lowest BCUT2D eigenvalue weighted by molar-refractivity contribution is -0.123. The Bertz CT molecular complexity index is 535. The Hall–Kier alpha value is -2.04. The van der Waals surface area contributed by atoms with Crippen molar-refractivity contribution in [2.24, 2.45) is 0 Å². The zero-order valence-electron chi connectivity index (χ0n) is 12.7. The van der Waals surface area contributed by atoms with Gasteiger partial charge in [0.2, 0.25) is 5.91 Å². The molecule has 1 aromatic carbocycles. The number of amides is 2. The van der Waals surface area contributed by atoms with Crippen LogP contribution in [-0.2, 0) is 16.0 Å². The van der Waals surface area contributed by atoms with Crippen molar-refractivity contribution in [1.29, 1.82) is 0 Å². The first-order valence-corrected chi connectivity index (χ1v) is 7.23. The van der Waals surface area contributed by atoms with Gasteiger partial charge in [-0.25, -0.2) is 10.2 Å². The molecule has 1 atom stereocenters. The van der Waals surface area contributed by atoms with E-state index in [0.29, 0.717) is 0 Å². The summed E-state index contributed by atoms with van der Waals surface area (Å²) in [5.41, 5.74) is 6.43. The first kappa shape index (κ1) is 15.4. The van der Waals surface area contributed by atoms with Gasteiger partial charge in [0.15, 0.2) is 0 Å². The van der Waals surface area contributed by atoms with Crippen molar-refractivity contribution in [2.75, 3.05) is 0 Å². The molecule has 5 heteroatoms. The number of carbonyl (C=O) groups excluding carboxylic acids is 2. The van der Waals surface area contributed by atoms with E-state index in [9.17, 15) is 9.59 Å². The van der Waals surface area contributed by atoms with Gasteiger partial charge >= 0.3 is 6.09 Å². The lowest BCUT2D eigenvalue weighted by atomic mass is 9.82. The quantitative estimate of drug-likeness (QED) is 0.781. The van der Waals surface area contributed by atoms with Crippen LogP contribution in [0.25, 0.3) is 0 Å². The third-order valence-corrected chi connectivity index (χ3v) is 3.37. The highest BCUT2D eigenvalue weighted by Gasteiger charge is 2.26. The fraction of sp³-hybridized carbons (Fsp3) is 0.500. The first-order valence-electron chi connectivity index (χ1n) is 7.23. The van der Waals surface area contributed by atoms with E-state index >= 15 is 0 Å². The molecule has 1 aromatic rings. The lowest BCUT2D eigenvalue weighted by Gasteiger charge is -2.25. The van der Waals surface area contributed by atoms with Gasteiger partial charge in [0.25, 0.3) is 0 Å². The molecule has 1 aliphatic carbocycles. The monoisotopic (exact) mass is 290 g/mol. The molecule has 0 spiro atoms. The number of rotatable bonds is 1. The van der Waals surface area contributed by atoms with Crippen LogP contribution in [0, 0.1) is 0 Å². The number of fused-ring (bicyclic) bond motifs is 1. The van der Waals surface area contributed by atoms with Crippen LogP contribution in [-0.4, -0.2) is 17.6 Å². The van der Waals surface area contributed by atoms with Crippen LogP contribution in [0.2, 0.25) is 0 Å². The second-order valence-corrected chi connectivity index (χ2v) is 6.26. The van der Waals surface area contributed by atoms with Crippen molar-refractivity contribution in [3.05, 3.63) is 35.4 Å². The summed E-state index contributed by atoms with van der Waals surface area (Å²) in [7, 11) is 0. The van der Waals surface area contributed by atoms with Gasteiger partial charge in [0.05, 0.1) is 5.92 Å². The van der Waals surface area contributed by atoms with Crippen molar-refractivity contribution in [3.63, 3.8) is 0 Å². The molecule has 0 bridgehead atoms. The smallest absolute Gasteiger partial charge is 0.426 e. The Balaban J connectivity index is 1.95. The average molecular weight is 290 g/mol. The Kier molecular flexibility index (Phi) is 4.50. The summed E-state index contributed by atoms with van der Waals surface area (Å²) in [4.78, 5) is 23.8. The van der Waals surface area contributed by atoms with E-state index < -0.39 is 11.7 Å². The van der Waals surface area contributed by atoms with Gasteiger partial charge in [0.1, 0.15) is 5.60 Å². The molecule has 0 radical (unpaired) electrons. The highest BCUT2D eigenvalue weighted by Crippen LogP contribution is 2.31. The van der Waals surface area contributed by atoms with Crippen LogP contribution in [0.4, 0.5) is 4.79 Å².